The van der Waals surface area contributed by atoms with E-state index in [9.17, 15) is 4.79 Å². The van der Waals surface area contributed by atoms with E-state index in [2.05, 4.69) is 6.58 Å². The minimum atomic E-state index is -0.521. The van der Waals surface area contributed by atoms with Crippen molar-refractivity contribution in [1.82, 2.24) is 0 Å². The van der Waals surface area contributed by atoms with E-state index >= 15 is 0 Å². The number of ether oxygens (including phenoxy) is 3. The molecule has 0 aromatic rings. The van der Waals surface area contributed by atoms with E-state index in [1.807, 2.05) is 13.8 Å². The third kappa shape index (κ3) is 3.61. The molecule has 0 aromatic heterocycles. The monoisotopic (exact) mass is 226 g/mol. The van der Waals surface area contributed by atoms with Crippen LogP contribution < -0.4 is 0 Å². The molecule has 0 spiro atoms. The number of carbonyl (C=O) groups excluding carboxylic acids is 1. The van der Waals surface area contributed by atoms with Crippen LogP contribution in [-0.4, -0.2) is 18.4 Å². The van der Waals surface area contributed by atoms with Gasteiger partial charge in [-0.2, -0.15) is 0 Å². The summed E-state index contributed by atoms with van der Waals surface area (Å²) in [5.41, 5.74) is 0. The van der Waals surface area contributed by atoms with Crippen molar-refractivity contribution in [3.05, 3.63) is 24.7 Å². The Morgan fingerprint density at radius 3 is 3.00 bits per heavy atom. The largest absolute Gasteiger partial charge is 0.463 e. The predicted octanol–water partition coefficient (Wildman–Crippen LogP) is 2.51. The van der Waals surface area contributed by atoms with Gasteiger partial charge in [0, 0.05) is 25.8 Å². The van der Waals surface area contributed by atoms with Gasteiger partial charge in [-0.15, -0.1) is 0 Å². The maximum Gasteiger partial charge on any atom is 0.330 e. The quantitative estimate of drug-likeness (QED) is 0.396. The van der Waals surface area contributed by atoms with E-state index in [0.29, 0.717) is 19.4 Å². The summed E-state index contributed by atoms with van der Waals surface area (Å²) in [5.74, 6) is -0.109. The van der Waals surface area contributed by atoms with Gasteiger partial charge in [0.25, 0.3) is 0 Å². The number of allylic oxidation sites excluding steroid dienone is 1. The molecule has 0 amide bonds. The fraction of sp³-hybridized carbons (Fsp3) is 0.583. The van der Waals surface area contributed by atoms with Crippen LogP contribution in [0.1, 0.15) is 33.1 Å². The van der Waals surface area contributed by atoms with Crippen LogP contribution in [-0.2, 0) is 19.0 Å². The lowest BCUT2D eigenvalue weighted by atomic mass is 10.2. The van der Waals surface area contributed by atoms with Crippen LogP contribution in [0.2, 0.25) is 0 Å². The lowest BCUT2D eigenvalue weighted by molar-refractivity contribution is -0.139. The molecule has 1 unspecified atom stereocenters. The SMILES string of the molecule is C=CC(=O)OCCCC1=COC(C)(CC)O1. The topological polar surface area (TPSA) is 44.8 Å². The lowest BCUT2D eigenvalue weighted by Gasteiger charge is -2.22. The highest BCUT2D eigenvalue weighted by Crippen LogP contribution is 2.29. The van der Waals surface area contributed by atoms with E-state index in [4.69, 9.17) is 14.2 Å². The third-order valence-electron chi connectivity index (χ3n) is 2.41. The first-order valence-electron chi connectivity index (χ1n) is 5.44. The molecule has 0 aliphatic carbocycles. The summed E-state index contributed by atoms with van der Waals surface area (Å²) in [7, 11) is 0. The van der Waals surface area contributed by atoms with E-state index in [1.54, 1.807) is 6.26 Å². The van der Waals surface area contributed by atoms with Crippen molar-refractivity contribution < 1.29 is 19.0 Å². The number of rotatable bonds is 6. The average molecular weight is 226 g/mol. The Hall–Kier alpha value is -1.45. The summed E-state index contributed by atoms with van der Waals surface area (Å²) >= 11 is 0. The lowest BCUT2D eigenvalue weighted by Crippen LogP contribution is -2.24. The number of esters is 1. The van der Waals surface area contributed by atoms with Gasteiger partial charge in [-0.3, -0.25) is 0 Å². The van der Waals surface area contributed by atoms with Crippen molar-refractivity contribution >= 4 is 5.97 Å². The van der Waals surface area contributed by atoms with E-state index in [0.717, 1.165) is 18.3 Å². The summed E-state index contributed by atoms with van der Waals surface area (Å²) in [4.78, 5) is 10.7. The first-order chi connectivity index (χ1) is 7.59. The van der Waals surface area contributed by atoms with E-state index in [1.165, 1.54) is 0 Å². The van der Waals surface area contributed by atoms with Crippen LogP contribution >= 0.6 is 0 Å². The number of hydrogen-bond acceptors (Lipinski definition) is 4. The van der Waals surface area contributed by atoms with Gasteiger partial charge in [0.05, 0.1) is 6.61 Å². The zero-order valence-corrected chi connectivity index (χ0v) is 9.82. The highest BCUT2D eigenvalue weighted by atomic mass is 16.7. The Morgan fingerprint density at radius 1 is 1.69 bits per heavy atom. The molecule has 4 heteroatoms. The van der Waals surface area contributed by atoms with Gasteiger partial charge < -0.3 is 14.2 Å². The normalized spacial score (nSPS) is 23.0. The van der Waals surface area contributed by atoms with Gasteiger partial charge in [0.1, 0.15) is 12.0 Å². The van der Waals surface area contributed by atoms with E-state index < -0.39 is 11.8 Å². The molecule has 16 heavy (non-hydrogen) atoms. The van der Waals surface area contributed by atoms with Crippen LogP contribution in [0.5, 0.6) is 0 Å². The molecule has 0 bridgehead atoms. The smallest absolute Gasteiger partial charge is 0.330 e. The summed E-state index contributed by atoms with van der Waals surface area (Å²) in [6.07, 6.45) is 5.01. The number of carbonyl (C=O) groups is 1. The highest BCUT2D eigenvalue weighted by molar-refractivity contribution is 5.81. The highest BCUT2D eigenvalue weighted by Gasteiger charge is 2.30. The fourth-order valence-electron chi connectivity index (χ4n) is 1.26. The summed E-state index contributed by atoms with van der Waals surface area (Å²) in [6, 6.07) is 0. The van der Waals surface area contributed by atoms with Crippen LogP contribution in [0.15, 0.2) is 24.7 Å². The first-order valence-corrected chi connectivity index (χ1v) is 5.44. The maximum absolute atomic E-state index is 10.7. The average Bonchev–Trinajstić information content (AvgIpc) is 2.67. The van der Waals surface area contributed by atoms with Gasteiger partial charge in [-0.25, -0.2) is 4.79 Å². The molecule has 0 N–H and O–H groups in total. The summed E-state index contributed by atoms with van der Waals surface area (Å²) < 4.78 is 15.9. The molecule has 1 aliphatic heterocycles. The van der Waals surface area contributed by atoms with Crippen LogP contribution in [0.3, 0.4) is 0 Å². The Morgan fingerprint density at radius 2 is 2.44 bits per heavy atom. The minimum absolute atomic E-state index is 0.369. The summed E-state index contributed by atoms with van der Waals surface area (Å²) in [6.45, 7) is 7.59. The second-order valence-electron chi connectivity index (χ2n) is 3.77. The standard InChI is InChI=1S/C12H18O4/c1-4-11(13)14-8-6-7-10-9-15-12(3,5-2)16-10/h4,9H,1,5-8H2,2-3H3. The van der Waals surface area contributed by atoms with Gasteiger partial charge in [0.2, 0.25) is 5.79 Å². The third-order valence-corrected chi connectivity index (χ3v) is 2.41. The zero-order chi connectivity index (χ0) is 12.0. The van der Waals surface area contributed by atoms with Gasteiger partial charge in [0.15, 0.2) is 0 Å². The Balaban J connectivity index is 2.16. The molecule has 0 saturated heterocycles. The molecule has 0 aromatic carbocycles. The van der Waals surface area contributed by atoms with Crippen molar-refractivity contribution in [1.29, 1.82) is 0 Å². The number of hydrogen-bond donors (Lipinski definition) is 0. The second-order valence-corrected chi connectivity index (χ2v) is 3.77. The van der Waals surface area contributed by atoms with Gasteiger partial charge >= 0.3 is 5.97 Å². The van der Waals surface area contributed by atoms with Gasteiger partial charge in [-0.05, 0) is 6.42 Å². The van der Waals surface area contributed by atoms with Crippen LogP contribution in [0.4, 0.5) is 0 Å². The summed E-state index contributed by atoms with van der Waals surface area (Å²) in [5, 5.41) is 0. The van der Waals surface area contributed by atoms with Crippen molar-refractivity contribution in [3.63, 3.8) is 0 Å². The fourth-order valence-corrected chi connectivity index (χ4v) is 1.26. The van der Waals surface area contributed by atoms with Crippen LogP contribution in [0, 0.1) is 0 Å². The van der Waals surface area contributed by atoms with Crippen LogP contribution in [0.25, 0.3) is 0 Å². The molecule has 90 valence electrons. The van der Waals surface area contributed by atoms with Crippen molar-refractivity contribution in [2.45, 2.75) is 38.9 Å². The minimum Gasteiger partial charge on any atom is -0.463 e. The second kappa shape index (κ2) is 5.58. The van der Waals surface area contributed by atoms with E-state index in [-0.39, 0.29) is 0 Å². The van der Waals surface area contributed by atoms with Crippen molar-refractivity contribution in [2.24, 2.45) is 0 Å². The Kier molecular flexibility index (Phi) is 4.40. The molecule has 1 rings (SSSR count). The molecular formula is C12H18O4. The molecule has 0 saturated carbocycles. The molecule has 4 nitrogen and oxygen atoms in total. The maximum atomic E-state index is 10.7. The molecule has 1 atom stereocenters. The molecule has 0 radical (unpaired) electrons. The molecule has 0 fully saturated rings. The zero-order valence-electron chi connectivity index (χ0n) is 9.82. The Labute approximate surface area is 95.9 Å². The van der Waals surface area contributed by atoms with Crippen molar-refractivity contribution in [2.75, 3.05) is 6.61 Å². The molecule has 1 heterocycles. The van der Waals surface area contributed by atoms with Crippen molar-refractivity contribution in [3.8, 4) is 0 Å². The first kappa shape index (κ1) is 12.6. The Bertz CT molecular complexity index is 295. The van der Waals surface area contributed by atoms with Gasteiger partial charge in [-0.1, -0.05) is 13.5 Å². The predicted molar refractivity (Wildman–Crippen MR) is 59.3 cm³/mol. The molecule has 1 aliphatic rings. The molecular weight excluding hydrogens is 208 g/mol.